The quantitative estimate of drug-likeness (QED) is 0.758. The van der Waals surface area contributed by atoms with Crippen LogP contribution in [-0.2, 0) is 24.2 Å². The van der Waals surface area contributed by atoms with Gasteiger partial charge >= 0.3 is 0 Å². The lowest BCUT2D eigenvalue weighted by atomic mass is 10.1. The Balaban J connectivity index is 1.35. The molecule has 0 radical (unpaired) electrons. The average molecular weight is 387 g/mol. The fourth-order valence-corrected chi connectivity index (χ4v) is 4.31. The van der Waals surface area contributed by atoms with E-state index in [2.05, 4.69) is 29.2 Å². The van der Waals surface area contributed by atoms with Gasteiger partial charge in [0, 0.05) is 43.1 Å². The topological polar surface area (TPSA) is 41.4 Å². The van der Waals surface area contributed by atoms with Crippen LogP contribution in [0, 0.1) is 6.92 Å². The van der Waals surface area contributed by atoms with Crippen LogP contribution in [0.3, 0.4) is 0 Å². The normalized spacial score (nSPS) is 17.6. The van der Waals surface area contributed by atoms with E-state index in [-0.39, 0.29) is 5.91 Å². The van der Waals surface area contributed by atoms with Crippen LogP contribution in [0.25, 0.3) is 0 Å². The monoisotopic (exact) mass is 386 g/mol. The van der Waals surface area contributed by atoms with E-state index in [9.17, 15) is 4.79 Å². The summed E-state index contributed by atoms with van der Waals surface area (Å²) >= 11 is 6.16. The minimum absolute atomic E-state index is 0.162. The number of carbonyl (C=O) groups excluding carboxylic acids is 1. The molecule has 144 valence electrons. The lowest BCUT2D eigenvalue weighted by Crippen LogP contribution is -2.49. The molecule has 5 nitrogen and oxygen atoms in total. The van der Waals surface area contributed by atoms with Crippen LogP contribution in [0.4, 0.5) is 5.69 Å². The summed E-state index contributed by atoms with van der Waals surface area (Å²) in [5.41, 5.74) is 4.92. The number of rotatable bonds is 3. The minimum Gasteiger partial charge on any atom is -0.368 e. The highest BCUT2D eigenvalue weighted by molar-refractivity contribution is 6.30. The number of hydrogen-bond acceptors (Lipinski definition) is 3. The maximum Gasteiger partial charge on any atom is 0.244 e. The molecule has 6 heteroatoms. The summed E-state index contributed by atoms with van der Waals surface area (Å²) in [6.45, 7) is 5.61. The number of anilines is 1. The largest absolute Gasteiger partial charge is 0.368 e. The van der Waals surface area contributed by atoms with Gasteiger partial charge in [-0.2, -0.15) is 5.10 Å². The number of piperazine rings is 1. The Kier molecular flexibility index (Phi) is 5.39. The first-order valence-corrected chi connectivity index (χ1v) is 10.3. The first-order valence-electron chi connectivity index (χ1n) is 9.94. The molecule has 0 atom stereocenters. The Hall–Kier alpha value is -2.01. The van der Waals surface area contributed by atoms with Crippen LogP contribution in [0.5, 0.6) is 0 Å². The molecule has 1 aliphatic carbocycles. The van der Waals surface area contributed by atoms with Crippen molar-refractivity contribution >= 4 is 23.2 Å². The van der Waals surface area contributed by atoms with Crippen LogP contribution in [0.1, 0.15) is 36.1 Å². The first kappa shape index (κ1) is 18.4. The van der Waals surface area contributed by atoms with Gasteiger partial charge in [-0.05, 0) is 55.9 Å². The van der Waals surface area contributed by atoms with Crippen molar-refractivity contribution < 1.29 is 4.79 Å². The van der Waals surface area contributed by atoms with Gasteiger partial charge < -0.3 is 9.80 Å². The molecule has 2 aromatic rings. The van der Waals surface area contributed by atoms with E-state index in [1.54, 1.807) is 0 Å². The second kappa shape index (κ2) is 7.93. The Morgan fingerprint density at radius 2 is 1.89 bits per heavy atom. The number of benzene rings is 1. The molecule has 0 spiro atoms. The molecule has 27 heavy (non-hydrogen) atoms. The number of fused-ring (bicyclic) bond motifs is 1. The molecule has 2 aliphatic rings. The zero-order valence-corrected chi connectivity index (χ0v) is 16.7. The molecule has 1 aromatic heterocycles. The van der Waals surface area contributed by atoms with Crippen LogP contribution in [0.2, 0.25) is 5.02 Å². The van der Waals surface area contributed by atoms with Gasteiger partial charge in [-0.15, -0.1) is 0 Å². The van der Waals surface area contributed by atoms with Crippen molar-refractivity contribution in [3.8, 4) is 0 Å². The van der Waals surface area contributed by atoms with E-state index < -0.39 is 0 Å². The first-order chi connectivity index (χ1) is 13.1. The van der Waals surface area contributed by atoms with Gasteiger partial charge in [0.2, 0.25) is 5.91 Å². The number of hydrogen-bond donors (Lipinski definition) is 0. The molecule has 0 unspecified atom stereocenters. The summed E-state index contributed by atoms with van der Waals surface area (Å²) in [5, 5.41) is 5.43. The minimum atomic E-state index is 0.162. The highest BCUT2D eigenvalue weighted by Gasteiger charge is 2.23. The fraction of sp³-hybridized carbons (Fsp3) is 0.524. The predicted molar refractivity (Wildman–Crippen MR) is 108 cm³/mol. The Bertz CT molecular complexity index is 800. The molecular weight excluding hydrogens is 360 g/mol. The molecular formula is C21H27ClN4O. The van der Waals surface area contributed by atoms with E-state index in [1.807, 2.05) is 21.7 Å². The Morgan fingerprint density at radius 3 is 2.70 bits per heavy atom. The van der Waals surface area contributed by atoms with Crippen molar-refractivity contribution in [2.24, 2.45) is 0 Å². The van der Waals surface area contributed by atoms with Gasteiger partial charge in [-0.3, -0.25) is 9.48 Å². The van der Waals surface area contributed by atoms with Gasteiger partial charge in [0.25, 0.3) is 0 Å². The predicted octanol–water partition coefficient (Wildman–Crippen LogP) is 3.46. The third kappa shape index (κ3) is 4.13. The lowest BCUT2D eigenvalue weighted by Gasteiger charge is -2.37. The van der Waals surface area contributed by atoms with Crippen molar-refractivity contribution in [1.29, 1.82) is 0 Å². The summed E-state index contributed by atoms with van der Waals surface area (Å²) in [6.07, 6.45) is 7.96. The maximum absolute atomic E-state index is 12.7. The van der Waals surface area contributed by atoms with Crippen molar-refractivity contribution in [3.05, 3.63) is 46.2 Å². The summed E-state index contributed by atoms with van der Waals surface area (Å²) < 4.78 is 1.85. The molecule has 0 bridgehead atoms. The van der Waals surface area contributed by atoms with E-state index in [1.165, 1.54) is 41.8 Å². The summed E-state index contributed by atoms with van der Waals surface area (Å²) in [5.74, 6) is 0.162. The highest BCUT2D eigenvalue weighted by atomic mass is 35.5. The third-order valence-corrected chi connectivity index (χ3v) is 5.96. The van der Waals surface area contributed by atoms with Crippen LogP contribution in [-0.4, -0.2) is 46.8 Å². The zero-order valence-electron chi connectivity index (χ0n) is 16.0. The molecule has 0 N–H and O–H groups in total. The molecule has 1 amide bonds. The zero-order chi connectivity index (χ0) is 18.8. The number of carbonyl (C=O) groups is 1. The smallest absolute Gasteiger partial charge is 0.244 e. The molecule has 1 saturated heterocycles. The number of amides is 1. The number of aromatic nitrogens is 2. The SMILES string of the molecule is Cc1ccc(Cl)cc1N1CCN(C(=O)Cn2cc3c(n2)CCCCC3)CC1. The van der Waals surface area contributed by atoms with Crippen molar-refractivity contribution in [3.63, 3.8) is 0 Å². The van der Waals surface area contributed by atoms with E-state index in [0.717, 1.165) is 44.0 Å². The Labute approximate surface area is 165 Å². The molecule has 1 fully saturated rings. The average Bonchev–Trinajstić information content (AvgIpc) is 2.92. The molecule has 1 aromatic carbocycles. The van der Waals surface area contributed by atoms with Crippen molar-refractivity contribution in [2.75, 3.05) is 31.1 Å². The number of nitrogens with zero attached hydrogens (tertiary/aromatic N) is 4. The summed E-state index contributed by atoms with van der Waals surface area (Å²) in [6, 6.07) is 5.99. The van der Waals surface area contributed by atoms with E-state index in [0.29, 0.717) is 6.54 Å². The van der Waals surface area contributed by atoms with Crippen LogP contribution < -0.4 is 4.90 Å². The van der Waals surface area contributed by atoms with Gasteiger partial charge in [0.1, 0.15) is 6.54 Å². The molecule has 2 heterocycles. The van der Waals surface area contributed by atoms with Gasteiger partial charge in [-0.25, -0.2) is 0 Å². The van der Waals surface area contributed by atoms with Gasteiger partial charge in [-0.1, -0.05) is 24.1 Å². The van der Waals surface area contributed by atoms with Crippen LogP contribution in [0.15, 0.2) is 24.4 Å². The van der Waals surface area contributed by atoms with E-state index >= 15 is 0 Å². The van der Waals surface area contributed by atoms with Crippen molar-refractivity contribution in [1.82, 2.24) is 14.7 Å². The second-order valence-corrected chi connectivity index (χ2v) is 8.09. The van der Waals surface area contributed by atoms with Gasteiger partial charge in [0.05, 0.1) is 5.69 Å². The maximum atomic E-state index is 12.7. The van der Waals surface area contributed by atoms with E-state index in [4.69, 9.17) is 11.6 Å². The fourth-order valence-electron chi connectivity index (χ4n) is 4.15. The second-order valence-electron chi connectivity index (χ2n) is 7.66. The summed E-state index contributed by atoms with van der Waals surface area (Å²) in [4.78, 5) is 17.0. The highest BCUT2D eigenvalue weighted by Crippen LogP contribution is 2.25. The molecule has 1 aliphatic heterocycles. The standard InChI is InChI=1S/C21H27ClN4O/c1-16-7-8-18(22)13-20(16)24-9-11-25(12-10-24)21(27)15-26-14-17-5-3-2-4-6-19(17)23-26/h7-8,13-14H,2-6,9-12,15H2,1H3. The third-order valence-electron chi connectivity index (χ3n) is 5.73. The Morgan fingerprint density at radius 1 is 1.11 bits per heavy atom. The molecule has 4 rings (SSSR count). The van der Waals surface area contributed by atoms with Crippen LogP contribution >= 0.6 is 11.6 Å². The van der Waals surface area contributed by atoms with Crippen molar-refractivity contribution in [2.45, 2.75) is 45.6 Å². The number of halogens is 1. The molecule has 0 saturated carbocycles. The number of aryl methyl sites for hydroxylation is 3. The lowest BCUT2D eigenvalue weighted by molar-refractivity contribution is -0.132. The van der Waals surface area contributed by atoms with Gasteiger partial charge in [0.15, 0.2) is 0 Å². The summed E-state index contributed by atoms with van der Waals surface area (Å²) in [7, 11) is 0.